The van der Waals surface area contributed by atoms with E-state index in [9.17, 15) is 24.3 Å². The second-order valence-corrected chi connectivity index (χ2v) is 13.0. The highest BCUT2D eigenvalue weighted by Gasteiger charge is 2.31. The molecule has 1 aliphatic carbocycles. The predicted octanol–water partition coefficient (Wildman–Crippen LogP) is -0.146. The van der Waals surface area contributed by atoms with Gasteiger partial charge in [0, 0.05) is 42.7 Å². The molecule has 2 aromatic carbocycles. The Bertz CT molecular complexity index is 1900. The van der Waals surface area contributed by atoms with Crippen LogP contribution in [0, 0.1) is 0 Å². The molecule has 0 radical (unpaired) electrons. The van der Waals surface area contributed by atoms with Crippen LogP contribution in [0.3, 0.4) is 0 Å². The molecule has 0 fully saturated rings. The number of aromatic nitrogens is 1. The Labute approximate surface area is 318 Å². The molecule has 0 unspecified atom stereocenters. The number of aromatic amines is 1. The van der Waals surface area contributed by atoms with E-state index in [1.165, 1.54) is 0 Å². The van der Waals surface area contributed by atoms with Gasteiger partial charge in [0.05, 0.1) is 0 Å². The highest BCUT2D eigenvalue weighted by Crippen LogP contribution is 2.17. The number of H-pyrrole nitrogens is 1. The first kappa shape index (κ1) is 41.0. The van der Waals surface area contributed by atoms with Gasteiger partial charge in [-0.05, 0) is 60.9 Å². The number of carbonyl (C=O) groups excluding carboxylic acids is 4. The lowest BCUT2D eigenvalue weighted by Gasteiger charge is -2.26. The van der Waals surface area contributed by atoms with E-state index >= 15 is 0 Å². The van der Waals surface area contributed by atoms with Gasteiger partial charge in [0.25, 0.3) is 0 Å². The molecule has 55 heavy (non-hydrogen) atoms. The van der Waals surface area contributed by atoms with Crippen LogP contribution in [0.15, 0.2) is 106 Å². The monoisotopic (exact) mass is 754 g/mol. The van der Waals surface area contributed by atoms with Gasteiger partial charge in [-0.15, -0.1) is 0 Å². The Morgan fingerprint density at radius 3 is 1.73 bits per heavy atom. The summed E-state index contributed by atoms with van der Waals surface area (Å²) in [5.41, 5.74) is 30.4. The highest BCUT2D eigenvalue weighted by molar-refractivity contribution is 5.95. The number of hydrogen-bond acceptors (Lipinski definition) is 8. The molecule has 292 valence electrons. The summed E-state index contributed by atoms with van der Waals surface area (Å²) in [7, 11) is 0. The second-order valence-electron chi connectivity index (χ2n) is 13.0. The number of allylic oxidation sites excluding steroid dienone is 5. The summed E-state index contributed by atoms with van der Waals surface area (Å²) >= 11 is 0. The fourth-order valence-electron chi connectivity index (χ4n) is 5.89. The Morgan fingerprint density at radius 2 is 1.18 bits per heavy atom. The van der Waals surface area contributed by atoms with Crippen molar-refractivity contribution in [3.63, 3.8) is 0 Å². The Balaban J connectivity index is 1.58. The summed E-state index contributed by atoms with van der Waals surface area (Å²) in [4.78, 5) is 65.5. The van der Waals surface area contributed by atoms with Crippen molar-refractivity contribution in [1.82, 2.24) is 26.3 Å². The lowest BCUT2D eigenvalue weighted by molar-refractivity contribution is -0.134. The summed E-state index contributed by atoms with van der Waals surface area (Å²) in [6.07, 6.45) is 7.80. The molecule has 4 amide bonds. The average Bonchev–Trinajstić information content (AvgIpc) is 3.84. The standard InChI is InChI=1S/C38H50N12O5/c39-32(51)30(20-23-10-2-1-3-11-23)49-35(54)29(17-9-19-45-38(42)43)47-34(53)28(16-8-18-44-37(40)41)48-36(55)31(50-33(52)24-12-4-5-13-24)22-26-21-25-14-6-7-15-27(25)46-26/h1-7,10-15,21,28-31,46,50,52H,8-9,16-20,22H2,(H2,39,51)(H,47,53)(H,48,55)(H,49,54)(H4,40,41,44)(H4,42,43,45)/t28-,29-,30-,31-/m0/s1. The number of aliphatic imine (C=N–C) groups is 2. The maximum absolute atomic E-state index is 14.1. The van der Waals surface area contributed by atoms with E-state index in [0.717, 1.165) is 16.5 Å². The van der Waals surface area contributed by atoms with Gasteiger partial charge in [0.1, 0.15) is 24.2 Å². The third-order valence-electron chi connectivity index (χ3n) is 8.67. The van der Waals surface area contributed by atoms with Crippen LogP contribution in [0.2, 0.25) is 0 Å². The molecule has 0 saturated carbocycles. The molecular formula is C38H50N12O5. The van der Waals surface area contributed by atoms with Crippen LogP contribution in [-0.2, 0) is 32.0 Å². The molecule has 1 aromatic heterocycles. The number of nitrogens with zero attached hydrogens (tertiary/aromatic N) is 2. The quantitative estimate of drug-likeness (QED) is 0.0296. The molecule has 4 atom stereocenters. The van der Waals surface area contributed by atoms with E-state index in [1.807, 2.05) is 36.4 Å². The number of primary amides is 1. The molecule has 16 N–H and O–H groups in total. The maximum atomic E-state index is 14.1. The van der Waals surface area contributed by atoms with Crippen molar-refractivity contribution in [3.8, 4) is 0 Å². The van der Waals surface area contributed by atoms with Crippen molar-refractivity contribution in [2.75, 3.05) is 13.1 Å². The van der Waals surface area contributed by atoms with E-state index in [4.69, 9.17) is 28.7 Å². The van der Waals surface area contributed by atoms with Gasteiger partial charge in [0.2, 0.25) is 23.6 Å². The Hall–Kier alpha value is -6.78. The number of amides is 4. The first-order valence-corrected chi connectivity index (χ1v) is 17.9. The van der Waals surface area contributed by atoms with E-state index in [-0.39, 0.29) is 69.4 Å². The van der Waals surface area contributed by atoms with Crippen LogP contribution < -0.4 is 49.9 Å². The third kappa shape index (κ3) is 13.3. The predicted molar refractivity (Wildman–Crippen MR) is 212 cm³/mol. The van der Waals surface area contributed by atoms with Crippen LogP contribution in [0.1, 0.15) is 36.9 Å². The summed E-state index contributed by atoms with van der Waals surface area (Å²) in [5.74, 6) is -3.23. The minimum absolute atomic E-state index is 0.0757. The van der Waals surface area contributed by atoms with Gasteiger partial charge in [-0.2, -0.15) is 0 Å². The number of nitrogens with one attached hydrogen (secondary N) is 5. The Kier molecular flexibility index (Phi) is 15.2. The van der Waals surface area contributed by atoms with Gasteiger partial charge in [-0.25, -0.2) is 0 Å². The molecule has 0 bridgehead atoms. The average molecular weight is 755 g/mol. The molecule has 1 heterocycles. The number of nitrogens with two attached hydrogens (primary N) is 5. The summed E-state index contributed by atoms with van der Waals surface area (Å²) < 4.78 is 0. The van der Waals surface area contributed by atoms with Gasteiger partial charge < -0.3 is 60.0 Å². The van der Waals surface area contributed by atoms with Crippen LogP contribution >= 0.6 is 0 Å². The van der Waals surface area contributed by atoms with Crippen LogP contribution in [-0.4, -0.2) is 82.9 Å². The minimum atomic E-state index is -1.18. The van der Waals surface area contributed by atoms with Crippen molar-refractivity contribution in [1.29, 1.82) is 0 Å². The van der Waals surface area contributed by atoms with Crippen LogP contribution in [0.4, 0.5) is 0 Å². The first-order valence-electron chi connectivity index (χ1n) is 17.9. The molecular weight excluding hydrogens is 704 g/mol. The molecule has 17 heteroatoms. The number of guanidine groups is 2. The minimum Gasteiger partial charge on any atom is -0.494 e. The summed E-state index contributed by atoms with van der Waals surface area (Å²) in [6.45, 7) is 0.320. The van der Waals surface area contributed by atoms with Gasteiger partial charge >= 0.3 is 0 Å². The number of fused-ring (bicyclic) bond motifs is 1. The Morgan fingerprint density at radius 1 is 0.655 bits per heavy atom. The van der Waals surface area contributed by atoms with Crippen LogP contribution in [0.25, 0.3) is 10.9 Å². The van der Waals surface area contributed by atoms with E-state index < -0.39 is 47.8 Å². The smallest absolute Gasteiger partial charge is 0.243 e. The molecule has 0 saturated heterocycles. The number of aliphatic hydroxyl groups excluding tert-OH is 1. The number of rotatable bonds is 21. The molecule has 0 aliphatic heterocycles. The SMILES string of the molecule is NC(=O)[C@H](Cc1ccccc1)NC(=O)[C@H](CCCN=C(N)N)NC(=O)[C@H](CCCN=C(N)N)NC(=O)[C@H](Cc1cc2ccccc2[nH]1)NC(O)=C1C=CC=C1. The van der Waals surface area contributed by atoms with Crippen LogP contribution in [0.5, 0.6) is 0 Å². The number of hydrogen-bond donors (Lipinski definition) is 11. The number of aliphatic hydroxyl groups is 1. The van der Waals surface area contributed by atoms with Gasteiger partial charge in [-0.3, -0.25) is 29.2 Å². The van der Waals surface area contributed by atoms with E-state index in [2.05, 4.69) is 36.2 Å². The van der Waals surface area contributed by atoms with Crippen molar-refractivity contribution in [2.24, 2.45) is 38.7 Å². The van der Waals surface area contributed by atoms with Gasteiger partial charge in [-0.1, -0.05) is 60.7 Å². The largest absolute Gasteiger partial charge is 0.494 e. The van der Waals surface area contributed by atoms with Gasteiger partial charge in [0.15, 0.2) is 17.8 Å². The maximum Gasteiger partial charge on any atom is 0.243 e. The highest BCUT2D eigenvalue weighted by atomic mass is 16.3. The van der Waals surface area contributed by atoms with E-state index in [0.29, 0.717) is 11.3 Å². The number of benzene rings is 2. The molecule has 17 nitrogen and oxygen atoms in total. The lowest BCUT2D eigenvalue weighted by atomic mass is 10.0. The van der Waals surface area contributed by atoms with Crippen molar-refractivity contribution < 1.29 is 24.3 Å². The zero-order chi connectivity index (χ0) is 39.7. The second kappa shape index (κ2) is 20.5. The topological polar surface area (TPSA) is 307 Å². The zero-order valence-electron chi connectivity index (χ0n) is 30.4. The lowest BCUT2D eigenvalue weighted by Crippen LogP contribution is -2.58. The normalized spacial score (nSPS) is 13.9. The summed E-state index contributed by atoms with van der Waals surface area (Å²) in [5, 5.41) is 23.0. The number of para-hydroxylation sites is 1. The number of carbonyl (C=O) groups is 4. The summed E-state index contributed by atoms with van der Waals surface area (Å²) in [6, 6.07) is 14.0. The zero-order valence-corrected chi connectivity index (χ0v) is 30.4. The first-order chi connectivity index (χ1) is 26.4. The van der Waals surface area contributed by atoms with E-state index in [1.54, 1.807) is 48.6 Å². The fourth-order valence-corrected chi connectivity index (χ4v) is 5.89. The van der Waals surface area contributed by atoms with Crippen molar-refractivity contribution in [3.05, 3.63) is 108 Å². The third-order valence-corrected chi connectivity index (χ3v) is 8.67. The van der Waals surface area contributed by atoms with Crippen molar-refractivity contribution in [2.45, 2.75) is 62.7 Å². The molecule has 1 aliphatic rings. The molecule has 0 spiro atoms. The van der Waals surface area contributed by atoms with Crippen molar-refractivity contribution >= 4 is 46.5 Å². The fraction of sp³-hybridized carbons (Fsp3) is 0.316. The molecule has 3 aromatic rings. The molecule has 4 rings (SSSR count).